The molecule has 0 radical (unpaired) electrons. The smallest absolute Gasteiger partial charge is 0.203 e. The van der Waals surface area contributed by atoms with Crippen molar-refractivity contribution in [3.8, 4) is 5.75 Å². The first-order valence-corrected chi connectivity index (χ1v) is 4.85. The molecular formula is C10H14N4O. The van der Waals surface area contributed by atoms with E-state index < -0.39 is 0 Å². The van der Waals surface area contributed by atoms with Crippen molar-refractivity contribution >= 4 is 5.65 Å². The first kappa shape index (κ1) is 9.92. The fourth-order valence-electron chi connectivity index (χ4n) is 1.44. The Morgan fingerprint density at radius 3 is 2.93 bits per heavy atom. The van der Waals surface area contributed by atoms with E-state index in [9.17, 15) is 5.11 Å². The summed E-state index contributed by atoms with van der Waals surface area (Å²) in [5.41, 5.74) is 0.520. The van der Waals surface area contributed by atoms with Crippen LogP contribution in [0.25, 0.3) is 5.65 Å². The number of hydrogen-bond donors (Lipinski definition) is 1. The van der Waals surface area contributed by atoms with Gasteiger partial charge in [-0.25, -0.2) is 0 Å². The summed E-state index contributed by atoms with van der Waals surface area (Å²) in [5.74, 6) is 1.04. The van der Waals surface area contributed by atoms with Crippen molar-refractivity contribution in [2.75, 3.05) is 20.6 Å². The van der Waals surface area contributed by atoms with E-state index in [0.717, 1.165) is 18.8 Å². The summed E-state index contributed by atoms with van der Waals surface area (Å²) in [7, 11) is 4.03. The van der Waals surface area contributed by atoms with Gasteiger partial charge in [0.15, 0.2) is 5.75 Å². The minimum atomic E-state index is 0.168. The topological polar surface area (TPSA) is 53.7 Å². The molecule has 1 N–H and O–H groups in total. The van der Waals surface area contributed by atoms with Crippen LogP contribution in [0.15, 0.2) is 18.3 Å². The molecule has 2 heterocycles. The lowest BCUT2D eigenvalue weighted by Crippen LogP contribution is -2.16. The van der Waals surface area contributed by atoms with Crippen LogP contribution in [0.4, 0.5) is 0 Å². The molecule has 2 aromatic heterocycles. The minimum Gasteiger partial charge on any atom is -0.504 e. The predicted molar refractivity (Wildman–Crippen MR) is 56.9 cm³/mol. The minimum absolute atomic E-state index is 0.168. The molecule has 0 aromatic carbocycles. The van der Waals surface area contributed by atoms with Crippen LogP contribution in [-0.2, 0) is 6.42 Å². The third kappa shape index (κ3) is 1.92. The lowest BCUT2D eigenvalue weighted by Gasteiger charge is -2.07. The number of rotatable bonds is 3. The second-order valence-electron chi connectivity index (χ2n) is 3.76. The van der Waals surface area contributed by atoms with E-state index in [1.807, 2.05) is 24.7 Å². The monoisotopic (exact) mass is 206 g/mol. The standard InChI is InChI=1S/C10H14N4O/c1-13(2)7-5-9-11-12-10-8(15)4-3-6-14(9)10/h3-4,6,15H,5,7H2,1-2H3. The molecule has 0 saturated heterocycles. The molecule has 5 nitrogen and oxygen atoms in total. The summed E-state index contributed by atoms with van der Waals surface area (Å²) in [4.78, 5) is 2.09. The summed E-state index contributed by atoms with van der Waals surface area (Å²) < 4.78 is 1.82. The third-order valence-corrected chi connectivity index (χ3v) is 2.27. The van der Waals surface area contributed by atoms with Crippen molar-refractivity contribution in [3.05, 3.63) is 24.2 Å². The predicted octanol–water partition coefficient (Wildman–Crippen LogP) is 0.539. The van der Waals surface area contributed by atoms with Crippen LogP contribution in [0.5, 0.6) is 5.75 Å². The Labute approximate surface area is 88.0 Å². The van der Waals surface area contributed by atoms with E-state index in [1.54, 1.807) is 12.1 Å². The van der Waals surface area contributed by atoms with Gasteiger partial charge in [-0.2, -0.15) is 0 Å². The zero-order valence-corrected chi connectivity index (χ0v) is 8.88. The number of fused-ring (bicyclic) bond motifs is 1. The Morgan fingerprint density at radius 1 is 1.40 bits per heavy atom. The van der Waals surface area contributed by atoms with Crippen LogP contribution in [0.3, 0.4) is 0 Å². The Hall–Kier alpha value is -1.62. The Morgan fingerprint density at radius 2 is 2.20 bits per heavy atom. The van der Waals surface area contributed by atoms with Crippen LogP contribution < -0.4 is 0 Å². The molecule has 0 aliphatic heterocycles. The Bertz CT molecular complexity index is 463. The molecule has 0 amide bonds. The maximum absolute atomic E-state index is 9.53. The van der Waals surface area contributed by atoms with Crippen LogP contribution in [0, 0.1) is 0 Å². The zero-order chi connectivity index (χ0) is 10.8. The quantitative estimate of drug-likeness (QED) is 0.796. The molecule has 0 aliphatic rings. The van der Waals surface area contributed by atoms with Crippen molar-refractivity contribution in [2.24, 2.45) is 0 Å². The summed E-state index contributed by atoms with van der Waals surface area (Å²) in [5, 5.41) is 17.5. The summed E-state index contributed by atoms with van der Waals surface area (Å²) in [6.07, 6.45) is 2.68. The van der Waals surface area contributed by atoms with Crippen LogP contribution in [0.2, 0.25) is 0 Å². The van der Waals surface area contributed by atoms with Crippen LogP contribution in [-0.4, -0.2) is 45.2 Å². The molecular weight excluding hydrogens is 192 g/mol. The largest absolute Gasteiger partial charge is 0.504 e. The van der Waals surface area contributed by atoms with E-state index in [-0.39, 0.29) is 5.75 Å². The molecule has 0 atom stereocenters. The molecule has 15 heavy (non-hydrogen) atoms. The van der Waals surface area contributed by atoms with Crippen LogP contribution >= 0.6 is 0 Å². The molecule has 5 heteroatoms. The second-order valence-corrected chi connectivity index (χ2v) is 3.76. The molecule has 0 saturated carbocycles. The highest BCUT2D eigenvalue weighted by atomic mass is 16.3. The highest BCUT2D eigenvalue weighted by molar-refractivity contribution is 5.51. The average molecular weight is 206 g/mol. The SMILES string of the molecule is CN(C)CCc1nnc2c(O)cccn12. The summed E-state index contributed by atoms with van der Waals surface area (Å²) in [6, 6.07) is 3.39. The van der Waals surface area contributed by atoms with Gasteiger partial charge in [0.05, 0.1) is 0 Å². The van der Waals surface area contributed by atoms with Gasteiger partial charge in [0.1, 0.15) is 5.82 Å². The zero-order valence-electron chi connectivity index (χ0n) is 8.88. The number of hydrogen-bond acceptors (Lipinski definition) is 4. The van der Waals surface area contributed by atoms with E-state index in [0.29, 0.717) is 5.65 Å². The third-order valence-electron chi connectivity index (χ3n) is 2.27. The number of aromatic hydroxyl groups is 1. The molecule has 0 spiro atoms. The number of likely N-dealkylation sites (N-methyl/N-ethyl adjacent to an activating group) is 1. The first-order chi connectivity index (χ1) is 7.18. The van der Waals surface area contributed by atoms with Gasteiger partial charge in [0.2, 0.25) is 5.65 Å². The van der Waals surface area contributed by atoms with Gasteiger partial charge in [-0.15, -0.1) is 10.2 Å². The van der Waals surface area contributed by atoms with Crippen molar-refractivity contribution in [1.82, 2.24) is 19.5 Å². The fraction of sp³-hybridized carbons (Fsp3) is 0.400. The van der Waals surface area contributed by atoms with Gasteiger partial charge >= 0.3 is 0 Å². The van der Waals surface area contributed by atoms with E-state index in [4.69, 9.17) is 0 Å². The number of aromatic nitrogens is 3. The molecule has 80 valence electrons. The van der Waals surface area contributed by atoms with E-state index >= 15 is 0 Å². The lowest BCUT2D eigenvalue weighted by atomic mass is 10.3. The second kappa shape index (κ2) is 3.86. The van der Waals surface area contributed by atoms with Crippen molar-refractivity contribution in [2.45, 2.75) is 6.42 Å². The van der Waals surface area contributed by atoms with Gasteiger partial charge in [-0.1, -0.05) is 0 Å². The summed E-state index contributed by atoms with van der Waals surface area (Å²) >= 11 is 0. The maximum Gasteiger partial charge on any atom is 0.203 e. The van der Waals surface area contributed by atoms with Gasteiger partial charge in [0.25, 0.3) is 0 Å². The van der Waals surface area contributed by atoms with Gasteiger partial charge in [0, 0.05) is 19.2 Å². The Kier molecular flexibility index (Phi) is 2.55. The van der Waals surface area contributed by atoms with Gasteiger partial charge in [-0.05, 0) is 26.2 Å². The molecule has 2 aromatic rings. The number of nitrogens with zero attached hydrogens (tertiary/aromatic N) is 4. The number of pyridine rings is 1. The fourth-order valence-corrected chi connectivity index (χ4v) is 1.44. The molecule has 2 rings (SSSR count). The summed E-state index contributed by atoms with van der Waals surface area (Å²) in [6.45, 7) is 0.913. The van der Waals surface area contributed by atoms with Crippen molar-refractivity contribution in [1.29, 1.82) is 0 Å². The normalized spacial score (nSPS) is 11.4. The first-order valence-electron chi connectivity index (χ1n) is 4.85. The maximum atomic E-state index is 9.53. The van der Waals surface area contributed by atoms with Crippen molar-refractivity contribution < 1.29 is 5.11 Å². The van der Waals surface area contributed by atoms with E-state index in [2.05, 4.69) is 15.1 Å². The van der Waals surface area contributed by atoms with Gasteiger partial charge in [-0.3, -0.25) is 4.40 Å². The lowest BCUT2D eigenvalue weighted by molar-refractivity contribution is 0.409. The van der Waals surface area contributed by atoms with Crippen LogP contribution in [0.1, 0.15) is 5.82 Å². The van der Waals surface area contributed by atoms with E-state index in [1.165, 1.54) is 0 Å². The van der Waals surface area contributed by atoms with Crippen molar-refractivity contribution in [3.63, 3.8) is 0 Å². The molecule has 0 unspecified atom stereocenters. The molecule has 0 fully saturated rings. The highest BCUT2D eigenvalue weighted by Crippen LogP contribution is 2.15. The Balaban J connectivity index is 2.33. The van der Waals surface area contributed by atoms with Gasteiger partial charge < -0.3 is 10.0 Å². The highest BCUT2D eigenvalue weighted by Gasteiger charge is 2.07. The molecule has 0 aliphatic carbocycles. The average Bonchev–Trinajstić information content (AvgIpc) is 2.59. The molecule has 0 bridgehead atoms.